The van der Waals surface area contributed by atoms with Gasteiger partial charge in [0.2, 0.25) is 5.91 Å². The lowest BCUT2D eigenvalue weighted by molar-refractivity contribution is -0.154. The average molecular weight is 293 g/mol. The van der Waals surface area contributed by atoms with E-state index >= 15 is 0 Å². The van der Waals surface area contributed by atoms with Crippen LogP contribution in [0.15, 0.2) is 12.7 Å². The molecule has 5 heteroatoms. The lowest BCUT2D eigenvalue weighted by atomic mass is 9.82. The highest BCUT2D eigenvalue weighted by Crippen LogP contribution is 2.34. The molecule has 3 heterocycles. The number of likely N-dealkylation sites (N-methyl/N-ethyl adjacent to an activating group) is 1. The minimum absolute atomic E-state index is 0.281. The minimum Gasteiger partial charge on any atom is -0.380 e. The normalized spacial score (nSPS) is 31.0. The summed E-state index contributed by atoms with van der Waals surface area (Å²) < 4.78 is 5.50. The number of piperidine rings is 1. The fraction of sp³-hybridized carbons (Fsp3) is 0.812. The lowest BCUT2D eigenvalue weighted by Gasteiger charge is -2.52. The van der Waals surface area contributed by atoms with Crippen LogP contribution in [0.1, 0.15) is 19.3 Å². The van der Waals surface area contributed by atoms with Crippen molar-refractivity contribution in [1.82, 2.24) is 14.7 Å². The molecule has 0 aromatic carbocycles. The molecule has 0 bridgehead atoms. The third-order valence-electron chi connectivity index (χ3n) is 5.52. The maximum atomic E-state index is 12.9. The smallest absolute Gasteiger partial charge is 0.243 e. The molecule has 3 rings (SSSR count). The van der Waals surface area contributed by atoms with E-state index in [9.17, 15) is 4.79 Å². The zero-order valence-corrected chi connectivity index (χ0v) is 13.1. The van der Waals surface area contributed by atoms with E-state index in [1.54, 1.807) is 0 Å². The Hall–Kier alpha value is -0.910. The standard InChI is InChI=1S/C16H27N3O2/c1-3-7-19-11-10-17(2)16(15(19)20)5-8-18(9-6-16)14-4-12-21-13-14/h3,14H,1,4-13H2,2H3/t14-/m1/s1. The van der Waals surface area contributed by atoms with Gasteiger partial charge in [0.15, 0.2) is 0 Å². The van der Waals surface area contributed by atoms with E-state index < -0.39 is 0 Å². The van der Waals surface area contributed by atoms with E-state index in [-0.39, 0.29) is 5.54 Å². The molecule has 0 radical (unpaired) electrons. The summed E-state index contributed by atoms with van der Waals surface area (Å²) in [5.74, 6) is 0.304. The molecular formula is C16H27N3O2. The van der Waals surface area contributed by atoms with Gasteiger partial charge in [-0.3, -0.25) is 14.6 Å². The summed E-state index contributed by atoms with van der Waals surface area (Å²) in [4.78, 5) is 19.7. The first-order chi connectivity index (χ1) is 10.2. The van der Waals surface area contributed by atoms with Crippen LogP contribution >= 0.6 is 0 Å². The molecule has 1 amide bonds. The highest BCUT2D eigenvalue weighted by molar-refractivity contribution is 5.87. The van der Waals surface area contributed by atoms with Crippen LogP contribution in [-0.4, -0.2) is 85.2 Å². The van der Waals surface area contributed by atoms with Gasteiger partial charge in [0.25, 0.3) is 0 Å². The number of amides is 1. The average Bonchev–Trinajstić information content (AvgIpc) is 3.03. The first kappa shape index (κ1) is 15.0. The van der Waals surface area contributed by atoms with Gasteiger partial charge >= 0.3 is 0 Å². The summed E-state index contributed by atoms with van der Waals surface area (Å²) in [6.45, 7) is 10.00. The van der Waals surface area contributed by atoms with E-state index in [1.807, 2.05) is 11.0 Å². The molecule has 3 aliphatic rings. The quantitative estimate of drug-likeness (QED) is 0.713. The van der Waals surface area contributed by atoms with Crippen molar-refractivity contribution >= 4 is 5.91 Å². The summed E-state index contributed by atoms with van der Waals surface area (Å²) in [6, 6.07) is 0.565. The van der Waals surface area contributed by atoms with E-state index in [2.05, 4.69) is 23.4 Å². The van der Waals surface area contributed by atoms with Crippen LogP contribution < -0.4 is 0 Å². The highest BCUT2D eigenvalue weighted by Gasteiger charge is 2.49. The molecule has 0 aromatic rings. The Labute approximate surface area is 127 Å². The molecular weight excluding hydrogens is 266 g/mol. The first-order valence-corrected chi connectivity index (χ1v) is 8.11. The fourth-order valence-corrected chi connectivity index (χ4v) is 4.04. The van der Waals surface area contributed by atoms with Crippen molar-refractivity contribution in [3.05, 3.63) is 12.7 Å². The van der Waals surface area contributed by atoms with Crippen molar-refractivity contribution in [3.8, 4) is 0 Å². The molecule has 0 aliphatic carbocycles. The Bertz CT molecular complexity index is 398. The predicted octanol–water partition coefficient (Wildman–Crippen LogP) is 0.570. The summed E-state index contributed by atoms with van der Waals surface area (Å²) in [7, 11) is 2.11. The first-order valence-electron chi connectivity index (χ1n) is 8.11. The number of carbonyl (C=O) groups is 1. The molecule has 0 unspecified atom stereocenters. The van der Waals surface area contributed by atoms with Crippen LogP contribution in [0.25, 0.3) is 0 Å². The van der Waals surface area contributed by atoms with E-state index in [1.165, 1.54) is 0 Å². The molecule has 118 valence electrons. The Morgan fingerprint density at radius 3 is 2.71 bits per heavy atom. The Morgan fingerprint density at radius 2 is 2.10 bits per heavy atom. The highest BCUT2D eigenvalue weighted by atomic mass is 16.5. The van der Waals surface area contributed by atoms with Gasteiger partial charge < -0.3 is 9.64 Å². The summed E-state index contributed by atoms with van der Waals surface area (Å²) >= 11 is 0. The van der Waals surface area contributed by atoms with Gasteiger partial charge in [-0.15, -0.1) is 6.58 Å². The molecule has 3 aliphatic heterocycles. The van der Waals surface area contributed by atoms with Crippen molar-refractivity contribution in [1.29, 1.82) is 0 Å². The van der Waals surface area contributed by atoms with Gasteiger partial charge in [0, 0.05) is 45.4 Å². The van der Waals surface area contributed by atoms with Crippen molar-refractivity contribution < 1.29 is 9.53 Å². The molecule has 21 heavy (non-hydrogen) atoms. The maximum absolute atomic E-state index is 12.9. The van der Waals surface area contributed by atoms with Crippen molar-refractivity contribution in [2.45, 2.75) is 30.8 Å². The Morgan fingerprint density at radius 1 is 1.33 bits per heavy atom. The maximum Gasteiger partial charge on any atom is 0.243 e. The molecule has 0 aromatic heterocycles. The fourth-order valence-electron chi connectivity index (χ4n) is 4.04. The largest absolute Gasteiger partial charge is 0.380 e. The number of rotatable bonds is 3. The van der Waals surface area contributed by atoms with Gasteiger partial charge in [-0.05, 0) is 26.3 Å². The lowest BCUT2D eigenvalue weighted by Crippen LogP contribution is -2.68. The van der Waals surface area contributed by atoms with Gasteiger partial charge in [-0.2, -0.15) is 0 Å². The van der Waals surface area contributed by atoms with Crippen LogP contribution in [0, 0.1) is 0 Å². The molecule has 3 saturated heterocycles. The second-order valence-electron chi connectivity index (χ2n) is 6.55. The van der Waals surface area contributed by atoms with Crippen molar-refractivity contribution in [2.24, 2.45) is 0 Å². The topological polar surface area (TPSA) is 36.0 Å². The van der Waals surface area contributed by atoms with Crippen LogP contribution in [0.5, 0.6) is 0 Å². The number of piperazine rings is 1. The minimum atomic E-state index is -0.281. The van der Waals surface area contributed by atoms with Crippen LogP contribution in [-0.2, 0) is 9.53 Å². The predicted molar refractivity (Wildman–Crippen MR) is 82.2 cm³/mol. The SMILES string of the molecule is C=CCN1CCN(C)C2(CCN([C@@H]3CCOC3)CC2)C1=O. The third kappa shape index (κ3) is 2.62. The molecule has 3 fully saturated rings. The molecule has 0 N–H and O–H groups in total. The summed E-state index contributed by atoms with van der Waals surface area (Å²) in [6.07, 6.45) is 4.85. The summed E-state index contributed by atoms with van der Waals surface area (Å²) in [5.41, 5.74) is -0.281. The van der Waals surface area contributed by atoms with Crippen LogP contribution in [0.4, 0.5) is 0 Å². The van der Waals surface area contributed by atoms with Gasteiger partial charge in [-0.25, -0.2) is 0 Å². The summed E-state index contributed by atoms with van der Waals surface area (Å²) in [5, 5.41) is 0. The van der Waals surface area contributed by atoms with Gasteiger partial charge in [0.05, 0.1) is 6.61 Å². The number of ether oxygens (including phenoxy) is 1. The molecule has 1 spiro atoms. The van der Waals surface area contributed by atoms with Crippen molar-refractivity contribution in [3.63, 3.8) is 0 Å². The zero-order valence-electron chi connectivity index (χ0n) is 13.1. The van der Waals surface area contributed by atoms with E-state index in [0.717, 1.165) is 58.7 Å². The number of hydrogen-bond donors (Lipinski definition) is 0. The number of nitrogens with zero attached hydrogens (tertiary/aromatic N) is 3. The van der Waals surface area contributed by atoms with Gasteiger partial charge in [-0.1, -0.05) is 6.08 Å². The van der Waals surface area contributed by atoms with E-state index in [4.69, 9.17) is 4.74 Å². The number of hydrogen-bond acceptors (Lipinski definition) is 4. The van der Waals surface area contributed by atoms with Crippen LogP contribution in [0.2, 0.25) is 0 Å². The zero-order chi connectivity index (χ0) is 14.9. The van der Waals surface area contributed by atoms with Crippen LogP contribution in [0.3, 0.4) is 0 Å². The van der Waals surface area contributed by atoms with Gasteiger partial charge in [0.1, 0.15) is 5.54 Å². The Balaban J connectivity index is 1.68. The van der Waals surface area contributed by atoms with E-state index in [0.29, 0.717) is 18.5 Å². The van der Waals surface area contributed by atoms with Crippen molar-refractivity contribution in [2.75, 3.05) is 53.0 Å². The molecule has 0 saturated carbocycles. The Kier molecular flexibility index (Phi) is 4.33. The number of likely N-dealkylation sites (tertiary alicyclic amines) is 1. The monoisotopic (exact) mass is 293 g/mol. The second-order valence-corrected chi connectivity index (χ2v) is 6.55. The molecule has 1 atom stereocenters. The molecule has 5 nitrogen and oxygen atoms in total. The number of carbonyl (C=O) groups excluding carboxylic acids is 1. The third-order valence-corrected chi connectivity index (χ3v) is 5.52. The second kappa shape index (κ2) is 6.07.